The number of aromatic nitrogens is 2. The maximum absolute atomic E-state index is 12.7. The monoisotopic (exact) mass is 429 g/mol. The molecule has 7 nitrogen and oxygen atoms in total. The van der Waals surface area contributed by atoms with Crippen molar-refractivity contribution in [2.45, 2.75) is 32.1 Å². The number of carbonyl (C=O) groups excluding carboxylic acids is 1. The number of nitrogens with zero attached hydrogens (tertiary/aromatic N) is 3. The van der Waals surface area contributed by atoms with E-state index in [1.54, 1.807) is 6.92 Å². The molecule has 154 valence electrons. The number of amides is 1. The lowest BCUT2D eigenvalue weighted by Crippen LogP contribution is -2.27. The molecule has 2 aromatic rings. The van der Waals surface area contributed by atoms with Crippen molar-refractivity contribution < 1.29 is 32.6 Å². The summed E-state index contributed by atoms with van der Waals surface area (Å²) in [4.78, 5) is 33.2. The number of carboxylic acids is 1. The van der Waals surface area contributed by atoms with Crippen LogP contribution in [0.4, 0.5) is 13.2 Å². The summed E-state index contributed by atoms with van der Waals surface area (Å²) in [5, 5.41) is 9.27. The highest BCUT2D eigenvalue weighted by atomic mass is 35.5. The van der Waals surface area contributed by atoms with E-state index in [2.05, 4.69) is 9.97 Å². The molecule has 0 aromatic carbocycles. The summed E-state index contributed by atoms with van der Waals surface area (Å²) >= 11 is 6.06. The van der Waals surface area contributed by atoms with Crippen LogP contribution in [0, 0.1) is 0 Å². The second-order valence-electron chi connectivity index (χ2n) is 6.37. The van der Waals surface area contributed by atoms with Gasteiger partial charge in [0.05, 0.1) is 19.1 Å². The van der Waals surface area contributed by atoms with Crippen LogP contribution < -0.4 is 4.74 Å². The summed E-state index contributed by atoms with van der Waals surface area (Å²) in [6, 6.07) is 2.39. The zero-order chi connectivity index (χ0) is 21.3. The smallest absolute Gasteiger partial charge is 0.392 e. The van der Waals surface area contributed by atoms with Gasteiger partial charge in [0.2, 0.25) is 5.88 Å². The number of hydrogen-bond acceptors (Lipinski definition) is 5. The highest BCUT2D eigenvalue weighted by Crippen LogP contribution is 2.34. The van der Waals surface area contributed by atoms with Gasteiger partial charge >= 0.3 is 12.1 Å². The molecule has 0 saturated heterocycles. The number of carboxylic acid groups (broad SMARTS) is 1. The van der Waals surface area contributed by atoms with E-state index in [0.717, 1.165) is 0 Å². The van der Waals surface area contributed by atoms with Gasteiger partial charge in [0.15, 0.2) is 5.69 Å². The summed E-state index contributed by atoms with van der Waals surface area (Å²) in [5.74, 6) is -1.73. The van der Waals surface area contributed by atoms with Crippen molar-refractivity contribution in [3.63, 3.8) is 0 Å². The second-order valence-corrected chi connectivity index (χ2v) is 6.78. The zero-order valence-corrected chi connectivity index (χ0v) is 15.8. The standard InChI is InChI=1S/C18H15ClF3N3O4/c1-9(10-6-13(19)15(24-7-10)29-5-3-18(20,21)22)25-8-12-11(16(25)26)2-4-23-14(12)17(27)28/h2,4,6-7,9H,3,5,8H2,1H3,(H,27,28). The van der Waals surface area contributed by atoms with Crippen LogP contribution >= 0.6 is 11.6 Å². The second kappa shape index (κ2) is 7.86. The molecule has 29 heavy (non-hydrogen) atoms. The van der Waals surface area contributed by atoms with Crippen molar-refractivity contribution >= 4 is 23.5 Å². The number of ether oxygens (including phenoxy) is 1. The third-order valence-corrected chi connectivity index (χ3v) is 4.75. The van der Waals surface area contributed by atoms with Gasteiger partial charge in [0, 0.05) is 30.1 Å². The number of halogens is 4. The molecule has 1 atom stereocenters. The normalized spacial score (nSPS) is 14.7. The topological polar surface area (TPSA) is 92.6 Å². The van der Waals surface area contributed by atoms with Gasteiger partial charge < -0.3 is 14.7 Å². The number of pyridine rings is 2. The predicted molar refractivity (Wildman–Crippen MR) is 94.9 cm³/mol. The lowest BCUT2D eigenvalue weighted by molar-refractivity contribution is -0.139. The molecular formula is C18H15ClF3N3O4. The molecule has 0 bridgehead atoms. The van der Waals surface area contributed by atoms with Gasteiger partial charge in [-0.05, 0) is 24.6 Å². The molecule has 0 spiro atoms. The first-order valence-corrected chi connectivity index (χ1v) is 8.83. The average molecular weight is 430 g/mol. The van der Waals surface area contributed by atoms with Gasteiger partial charge in [-0.15, -0.1) is 0 Å². The lowest BCUT2D eigenvalue weighted by Gasteiger charge is -2.24. The quantitative estimate of drug-likeness (QED) is 0.749. The SMILES string of the molecule is CC(c1cnc(OCCC(F)(F)F)c(Cl)c1)N1Cc2c(ccnc2C(=O)O)C1=O. The van der Waals surface area contributed by atoms with Gasteiger partial charge in [-0.25, -0.2) is 14.8 Å². The maximum Gasteiger partial charge on any atom is 0.392 e. The fourth-order valence-electron chi connectivity index (χ4n) is 2.97. The maximum atomic E-state index is 12.7. The van der Waals surface area contributed by atoms with Crippen molar-refractivity contribution in [2.75, 3.05) is 6.61 Å². The summed E-state index contributed by atoms with van der Waals surface area (Å²) < 4.78 is 41.6. The van der Waals surface area contributed by atoms with Crippen molar-refractivity contribution in [1.82, 2.24) is 14.9 Å². The molecule has 0 radical (unpaired) electrons. The number of hydrogen-bond donors (Lipinski definition) is 1. The van der Waals surface area contributed by atoms with E-state index in [-0.39, 0.29) is 34.6 Å². The zero-order valence-electron chi connectivity index (χ0n) is 15.0. The lowest BCUT2D eigenvalue weighted by atomic mass is 10.1. The molecule has 3 rings (SSSR count). The first kappa shape index (κ1) is 20.8. The minimum Gasteiger partial charge on any atom is -0.477 e. The highest BCUT2D eigenvalue weighted by molar-refractivity contribution is 6.31. The van der Waals surface area contributed by atoms with Crippen molar-refractivity contribution in [3.8, 4) is 5.88 Å². The van der Waals surface area contributed by atoms with Crippen LogP contribution in [0.2, 0.25) is 5.02 Å². The Labute approximate surface area is 168 Å². The van der Waals surface area contributed by atoms with Gasteiger partial charge in [0.1, 0.15) is 5.02 Å². The van der Waals surface area contributed by atoms with Crippen LogP contribution in [-0.4, -0.2) is 44.6 Å². The van der Waals surface area contributed by atoms with Crippen LogP contribution in [0.1, 0.15) is 51.4 Å². The third-order valence-electron chi connectivity index (χ3n) is 4.48. The Hall–Kier alpha value is -2.88. The minimum atomic E-state index is -4.35. The van der Waals surface area contributed by atoms with Crippen LogP contribution in [0.25, 0.3) is 0 Å². The average Bonchev–Trinajstić information content (AvgIpc) is 2.98. The van der Waals surface area contributed by atoms with Gasteiger partial charge in [0.25, 0.3) is 5.91 Å². The molecule has 1 amide bonds. The molecule has 11 heteroatoms. The van der Waals surface area contributed by atoms with Crippen LogP contribution in [0.5, 0.6) is 5.88 Å². The van der Waals surface area contributed by atoms with E-state index in [4.69, 9.17) is 16.3 Å². The molecule has 1 aliphatic rings. The van der Waals surface area contributed by atoms with E-state index in [1.165, 1.54) is 29.4 Å². The molecular weight excluding hydrogens is 415 g/mol. The van der Waals surface area contributed by atoms with Crippen LogP contribution in [-0.2, 0) is 6.54 Å². The van der Waals surface area contributed by atoms with E-state index in [9.17, 15) is 27.9 Å². The molecule has 0 aliphatic carbocycles. The number of rotatable bonds is 6. The Bertz CT molecular complexity index is 968. The van der Waals surface area contributed by atoms with Gasteiger partial charge in [-0.3, -0.25) is 4.79 Å². The Balaban J connectivity index is 1.76. The summed E-state index contributed by atoms with van der Waals surface area (Å²) in [5.41, 5.74) is 0.915. The van der Waals surface area contributed by atoms with E-state index >= 15 is 0 Å². The largest absolute Gasteiger partial charge is 0.477 e. The van der Waals surface area contributed by atoms with Gasteiger partial charge in [-0.2, -0.15) is 13.2 Å². The van der Waals surface area contributed by atoms with Crippen molar-refractivity contribution in [1.29, 1.82) is 0 Å². The number of alkyl halides is 3. The first-order chi connectivity index (χ1) is 13.6. The molecule has 2 aromatic heterocycles. The molecule has 1 unspecified atom stereocenters. The fourth-order valence-corrected chi connectivity index (χ4v) is 3.19. The predicted octanol–water partition coefficient (Wildman–Crippen LogP) is 3.88. The fraction of sp³-hybridized carbons (Fsp3) is 0.333. The number of aromatic carboxylic acids is 1. The van der Waals surface area contributed by atoms with Gasteiger partial charge in [-0.1, -0.05) is 11.6 Å². The Morgan fingerprint density at radius 1 is 1.41 bits per heavy atom. The first-order valence-electron chi connectivity index (χ1n) is 8.45. The summed E-state index contributed by atoms with van der Waals surface area (Å²) in [6.45, 7) is 1.14. The van der Waals surface area contributed by atoms with Crippen LogP contribution in [0.3, 0.4) is 0 Å². The van der Waals surface area contributed by atoms with Crippen molar-refractivity contribution in [3.05, 3.63) is 51.9 Å². The molecule has 1 N–H and O–H groups in total. The Morgan fingerprint density at radius 2 is 2.14 bits per heavy atom. The van der Waals surface area contributed by atoms with Crippen LogP contribution in [0.15, 0.2) is 24.5 Å². The highest BCUT2D eigenvalue weighted by Gasteiger charge is 2.35. The Kier molecular flexibility index (Phi) is 5.65. The number of fused-ring (bicyclic) bond motifs is 1. The van der Waals surface area contributed by atoms with E-state index in [1.807, 2.05) is 0 Å². The molecule has 0 saturated carbocycles. The van der Waals surface area contributed by atoms with E-state index < -0.39 is 31.2 Å². The number of carbonyl (C=O) groups is 2. The summed E-state index contributed by atoms with van der Waals surface area (Å²) in [7, 11) is 0. The summed E-state index contributed by atoms with van der Waals surface area (Å²) in [6.07, 6.45) is -2.87. The van der Waals surface area contributed by atoms with Crippen molar-refractivity contribution in [2.24, 2.45) is 0 Å². The van der Waals surface area contributed by atoms with E-state index in [0.29, 0.717) is 11.1 Å². The third kappa shape index (κ3) is 4.42. The Morgan fingerprint density at radius 3 is 2.76 bits per heavy atom. The molecule has 3 heterocycles. The molecule has 0 fully saturated rings. The molecule has 1 aliphatic heterocycles. The minimum absolute atomic E-state index is 0.00794.